The number of rotatable bonds is 7. The van der Waals surface area contributed by atoms with Crippen LogP contribution >= 0.6 is 0 Å². The van der Waals surface area contributed by atoms with Gasteiger partial charge in [0.1, 0.15) is 6.54 Å². The Hall–Kier alpha value is -2.34. The molecule has 0 spiro atoms. The van der Waals surface area contributed by atoms with Crippen molar-refractivity contribution in [2.45, 2.75) is 32.6 Å². The topological polar surface area (TPSA) is 57.7 Å². The number of aryl methyl sites for hydroxylation is 2. The number of benzene rings is 2. The van der Waals surface area contributed by atoms with E-state index in [2.05, 4.69) is 0 Å². The number of nitrogens with zero attached hydrogens (tertiary/aromatic N) is 2. The highest BCUT2D eigenvalue weighted by Gasteiger charge is 2.28. The summed E-state index contributed by atoms with van der Waals surface area (Å²) >= 11 is 0. The lowest BCUT2D eigenvalue weighted by Crippen LogP contribution is -2.43. The van der Waals surface area contributed by atoms with Gasteiger partial charge in [0, 0.05) is 13.1 Å². The van der Waals surface area contributed by atoms with Crippen LogP contribution in [0.1, 0.15) is 25.0 Å². The molecule has 0 aliphatic rings. The summed E-state index contributed by atoms with van der Waals surface area (Å²) in [7, 11) is -3.85. The van der Waals surface area contributed by atoms with E-state index in [1.807, 2.05) is 33.8 Å². The maximum absolute atomic E-state index is 13.2. The number of hydrogen-bond acceptors (Lipinski definition) is 3. The Morgan fingerprint density at radius 1 is 0.923 bits per heavy atom. The molecule has 2 aromatic rings. The fourth-order valence-electron chi connectivity index (χ4n) is 2.93. The maximum atomic E-state index is 13.2. The molecule has 6 heteroatoms. The van der Waals surface area contributed by atoms with Crippen molar-refractivity contribution in [3.8, 4) is 0 Å². The third kappa shape index (κ3) is 4.43. The van der Waals surface area contributed by atoms with Crippen LogP contribution in [0, 0.1) is 13.8 Å². The molecule has 0 atom stereocenters. The summed E-state index contributed by atoms with van der Waals surface area (Å²) in [6.45, 7) is 8.46. The molecule has 0 aromatic heterocycles. The van der Waals surface area contributed by atoms with Gasteiger partial charge in [-0.25, -0.2) is 8.42 Å². The number of carbonyl (C=O) groups is 1. The van der Waals surface area contributed by atoms with Crippen LogP contribution in [-0.2, 0) is 14.8 Å². The van der Waals surface area contributed by atoms with Crippen LogP contribution in [0.5, 0.6) is 0 Å². The van der Waals surface area contributed by atoms with E-state index in [1.54, 1.807) is 47.4 Å². The molecule has 0 heterocycles. The van der Waals surface area contributed by atoms with E-state index in [0.717, 1.165) is 11.1 Å². The van der Waals surface area contributed by atoms with Gasteiger partial charge in [0.05, 0.1) is 10.6 Å². The van der Waals surface area contributed by atoms with Crippen LogP contribution in [0.25, 0.3) is 0 Å². The van der Waals surface area contributed by atoms with Gasteiger partial charge in [-0.05, 0) is 63.1 Å². The second-order valence-corrected chi connectivity index (χ2v) is 8.10. The van der Waals surface area contributed by atoms with E-state index in [1.165, 1.54) is 4.31 Å². The standard InChI is InChI=1S/C20H26N2O3S/c1-5-21(6-2)20(23)15-22(18-13-16(3)12-17(4)14-18)26(24,25)19-10-8-7-9-11-19/h7-14H,5-6,15H2,1-4H3. The summed E-state index contributed by atoms with van der Waals surface area (Å²) in [6.07, 6.45) is 0. The van der Waals surface area contributed by atoms with Gasteiger partial charge >= 0.3 is 0 Å². The third-order valence-electron chi connectivity index (χ3n) is 4.22. The van der Waals surface area contributed by atoms with E-state index in [4.69, 9.17) is 0 Å². The van der Waals surface area contributed by atoms with Gasteiger partial charge in [0.2, 0.25) is 5.91 Å². The van der Waals surface area contributed by atoms with E-state index < -0.39 is 10.0 Å². The zero-order valence-electron chi connectivity index (χ0n) is 15.8. The zero-order valence-corrected chi connectivity index (χ0v) is 16.6. The lowest BCUT2D eigenvalue weighted by molar-refractivity contribution is -0.129. The Balaban J connectivity index is 2.53. The average molecular weight is 375 g/mol. The number of sulfonamides is 1. The monoisotopic (exact) mass is 374 g/mol. The summed E-state index contributed by atoms with van der Waals surface area (Å²) in [4.78, 5) is 14.5. The fraction of sp³-hybridized carbons (Fsp3) is 0.350. The van der Waals surface area contributed by atoms with Gasteiger partial charge in [0.15, 0.2) is 0 Å². The van der Waals surface area contributed by atoms with Crippen molar-refractivity contribution in [1.82, 2.24) is 4.90 Å². The first-order chi connectivity index (χ1) is 12.3. The Labute approximate surface area is 156 Å². The molecule has 0 bridgehead atoms. The second kappa shape index (κ2) is 8.36. The van der Waals surface area contributed by atoms with Gasteiger partial charge < -0.3 is 4.90 Å². The highest BCUT2D eigenvalue weighted by molar-refractivity contribution is 7.92. The highest BCUT2D eigenvalue weighted by Crippen LogP contribution is 2.26. The fourth-order valence-corrected chi connectivity index (χ4v) is 4.35. The van der Waals surface area contributed by atoms with E-state index in [-0.39, 0.29) is 17.3 Å². The van der Waals surface area contributed by atoms with Crippen LogP contribution in [0.2, 0.25) is 0 Å². The van der Waals surface area contributed by atoms with Crippen molar-refractivity contribution in [1.29, 1.82) is 0 Å². The summed E-state index contributed by atoms with van der Waals surface area (Å²) in [5.41, 5.74) is 2.40. The van der Waals surface area contributed by atoms with Crippen LogP contribution in [-0.4, -0.2) is 38.9 Å². The minimum atomic E-state index is -3.85. The number of amides is 1. The molecule has 0 aliphatic carbocycles. The molecule has 0 unspecified atom stereocenters. The molecule has 0 fully saturated rings. The summed E-state index contributed by atoms with van der Waals surface area (Å²) in [6, 6.07) is 13.8. The van der Waals surface area contributed by atoms with Gasteiger partial charge in [-0.3, -0.25) is 9.10 Å². The average Bonchev–Trinajstić information content (AvgIpc) is 2.60. The van der Waals surface area contributed by atoms with Crippen molar-refractivity contribution >= 4 is 21.6 Å². The molecule has 0 N–H and O–H groups in total. The molecule has 2 rings (SSSR count). The normalized spacial score (nSPS) is 11.2. The molecule has 2 aromatic carbocycles. The highest BCUT2D eigenvalue weighted by atomic mass is 32.2. The Morgan fingerprint density at radius 3 is 1.96 bits per heavy atom. The quantitative estimate of drug-likeness (QED) is 0.747. The lowest BCUT2D eigenvalue weighted by Gasteiger charge is -2.28. The van der Waals surface area contributed by atoms with Crippen LogP contribution in [0.3, 0.4) is 0 Å². The van der Waals surface area contributed by atoms with Gasteiger partial charge in [-0.2, -0.15) is 0 Å². The minimum Gasteiger partial charge on any atom is -0.342 e. The SMILES string of the molecule is CCN(CC)C(=O)CN(c1cc(C)cc(C)c1)S(=O)(=O)c1ccccc1. The molecule has 0 radical (unpaired) electrons. The molecule has 5 nitrogen and oxygen atoms in total. The van der Waals surface area contributed by atoms with Crippen molar-refractivity contribution in [3.05, 3.63) is 59.7 Å². The first kappa shape index (κ1) is 20.0. The molecule has 0 saturated heterocycles. The number of carbonyl (C=O) groups excluding carboxylic acids is 1. The molecular formula is C20H26N2O3S. The molecule has 1 amide bonds. The lowest BCUT2D eigenvalue weighted by atomic mass is 10.1. The summed E-state index contributed by atoms with van der Waals surface area (Å²) in [5, 5.41) is 0. The molecule has 26 heavy (non-hydrogen) atoms. The summed E-state index contributed by atoms with van der Waals surface area (Å²) < 4.78 is 27.7. The van der Waals surface area contributed by atoms with Crippen LogP contribution in [0.15, 0.2) is 53.4 Å². The van der Waals surface area contributed by atoms with Crippen molar-refractivity contribution in [3.63, 3.8) is 0 Å². The zero-order chi connectivity index (χ0) is 19.3. The van der Waals surface area contributed by atoms with Crippen molar-refractivity contribution in [2.75, 3.05) is 23.9 Å². The Bertz CT molecular complexity index is 840. The molecule has 0 saturated carbocycles. The predicted molar refractivity (Wildman–Crippen MR) is 105 cm³/mol. The predicted octanol–water partition coefficient (Wildman–Crippen LogP) is 3.37. The van der Waals surface area contributed by atoms with Crippen molar-refractivity contribution < 1.29 is 13.2 Å². The minimum absolute atomic E-state index is 0.173. The third-order valence-corrected chi connectivity index (χ3v) is 6.01. The van der Waals surface area contributed by atoms with Gasteiger partial charge in [0.25, 0.3) is 10.0 Å². The van der Waals surface area contributed by atoms with E-state index >= 15 is 0 Å². The Kier molecular flexibility index (Phi) is 6.42. The van der Waals surface area contributed by atoms with Crippen LogP contribution < -0.4 is 4.31 Å². The number of likely N-dealkylation sites (N-methyl/N-ethyl adjacent to an activating group) is 1. The van der Waals surface area contributed by atoms with Crippen LogP contribution in [0.4, 0.5) is 5.69 Å². The first-order valence-electron chi connectivity index (χ1n) is 8.73. The van der Waals surface area contributed by atoms with Gasteiger partial charge in [-0.15, -0.1) is 0 Å². The number of anilines is 1. The molecular weight excluding hydrogens is 348 g/mol. The van der Waals surface area contributed by atoms with E-state index in [9.17, 15) is 13.2 Å². The molecule has 0 aliphatic heterocycles. The second-order valence-electron chi connectivity index (χ2n) is 6.24. The summed E-state index contributed by atoms with van der Waals surface area (Å²) in [5.74, 6) is -0.214. The maximum Gasteiger partial charge on any atom is 0.264 e. The first-order valence-corrected chi connectivity index (χ1v) is 10.2. The Morgan fingerprint density at radius 2 is 1.46 bits per heavy atom. The van der Waals surface area contributed by atoms with Crippen molar-refractivity contribution in [2.24, 2.45) is 0 Å². The van der Waals surface area contributed by atoms with Gasteiger partial charge in [-0.1, -0.05) is 24.3 Å². The number of hydrogen-bond donors (Lipinski definition) is 0. The smallest absolute Gasteiger partial charge is 0.264 e. The molecule has 140 valence electrons. The van der Waals surface area contributed by atoms with E-state index in [0.29, 0.717) is 18.8 Å². The largest absolute Gasteiger partial charge is 0.342 e.